The summed E-state index contributed by atoms with van der Waals surface area (Å²) in [6.45, 7) is 0.687. The molecule has 6 heteroatoms. The predicted octanol–water partition coefficient (Wildman–Crippen LogP) is 0.973. The maximum absolute atomic E-state index is 12.3. The zero-order chi connectivity index (χ0) is 11.2. The molecule has 5 nitrogen and oxygen atoms in total. The average Bonchev–Trinajstić information content (AvgIpc) is 3.15. The molecule has 0 saturated heterocycles. The van der Waals surface area contributed by atoms with E-state index in [4.69, 9.17) is 0 Å². The number of hydrogen-bond acceptors (Lipinski definition) is 3. The molecule has 1 N–H and O–H groups in total. The highest BCUT2D eigenvalue weighted by Crippen LogP contribution is 2.37. The number of H-pyrrole nitrogens is 1. The zero-order valence-corrected chi connectivity index (χ0v) is 9.78. The van der Waals surface area contributed by atoms with Crippen LogP contribution >= 0.6 is 0 Å². The van der Waals surface area contributed by atoms with Crippen molar-refractivity contribution < 1.29 is 8.42 Å². The molecule has 2 fully saturated rings. The summed E-state index contributed by atoms with van der Waals surface area (Å²) in [5.74, 6) is 0.582. The van der Waals surface area contributed by atoms with Gasteiger partial charge in [-0.25, -0.2) is 8.42 Å². The first-order chi connectivity index (χ1) is 7.68. The summed E-state index contributed by atoms with van der Waals surface area (Å²) in [7, 11) is -3.33. The van der Waals surface area contributed by atoms with Gasteiger partial charge in [0.25, 0.3) is 10.0 Å². The monoisotopic (exact) mass is 241 g/mol. The van der Waals surface area contributed by atoms with E-state index < -0.39 is 10.0 Å². The summed E-state index contributed by atoms with van der Waals surface area (Å²) in [6, 6.07) is 1.76. The van der Waals surface area contributed by atoms with Gasteiger partial charge in [-0.15, -0.1) is 0 Å². The fourth-order valence-electron chi connectivity index (χ4n) is 1.87. The van der Waals surface area contributed by atoms with E-state index in [-0.39, 0.29) is 11.1 Å². The topological polar surface area (TPSA) is 66.1 Å². The van der Waals surface area contributed by atoms with Crippen molar-refractivity contribution in [3.63, 3.8) is 0 Å². The van der Waals surface area contributed by atoms with Crippen LogP contribution in [0.5, 0.6) is 0 Å². The fraction of sp³-hybridized carbons (Fsp3) is 0.700. The largest absolute Gasteiger partial charge is 0.266 e. The highest BCUT2D eigenvalue weighted by Gasteiger charge is 2.41. The third-order valence-corrected chi connectivity index (χ3v) is 5.00. The van der Waals surface area contributed by atoms with Gasteiger partial charge in [0, 0.05) is 12.6 Å². The Bertz CT molecular complexity index is 460. The standard InChI is InChI=1S/C10H15N3O2S/c14-16(15,10-5-6-11-12-10)13(9-3-4-9)7-8-1-2-8/h5-6,8-9H,1-4,7H2,(H,11,12). The molecule has 1 heterocycles. The number of aromatic amines is 1. The van der Waals surface area contributed by atoms with E-state index in [0.717, 1.165) is 12.8 Å². The lowest BCUT2D eigenvalue weighted by molar-refractivity contribution is 0.387. The molecule has 0 spiro atoms. The van der Waals surface area contributed by atoms with Crippen LogP contribution in [0.4, 0.5) is 0 Å². The minimum absolute atomic E-state index is 0.222. The van der Waals surface area contributed by atoms with Crippen LogP contribution in [0.15, 0.2) is 17.3 Å². The molecule has 2 aliphatic carbocycles. The lowest BCUT2D eigenvalue weighted by atomic mass is 10.4. The molecule has 0 amide bonds. The van der Waals surface area contributed by atoms with Gasteiger partial charge >= 0.3 is 0 Å². The van der Waals surface area contributed by atoms with Gasteiger partial charge in [0.15, 0.2) is 5.03 Å². The quantitative estimate of drug-likeness (QED) is 0.835. The Morgan fingerprint density at radius 3 is 2.62 bits per heavy atom. The van der Waals surface area contributed by atoms with Gasteiger partial charge in [-0.2, -0.15) is 9.40 Å². The SMILES string of the molecule is O=S(=O)(c1ccn[nH]1)N(CC1CC1)C1CC1. The second-order valence-corrected chi connectivity index (χ2v) is 6.53. The molecule has 0 bridgehead atoms. The van der Waals surface area contributed by atoms with Crippen LogP contribution < -0.4 is 0 Å². The summed E-state index contributed by atoms with van der Waals surface area (Å²) in [4.78, 5) is 0. The van der Waals surface area contributed by atoms with Crippen LogP contribution in [-0.4, -0.2) is 35.5 Å². The van der Waals surface area contributed by atoms with Gasteiger partial charge in [0.05, 0.1) is 6.20 Å². The molecule has 0 aromatic carbocycles. The summed E-state index contributed by atoms with van der Waals surface area (Å²) in [5.41, 5.74) is 0. The first-order valence-corrected chi connectivity index (χ1v) is 7.13. The summed E-state index contributed by atoms with van der Waals surface area (Å²) in [5, 5.41) is 6.49. The second kappa shape index (κ2) is 3.56. The average molecular weight is 241 g/mol. The zero-order valence-electron chi connectivity index (χ0n) is 8.96. The predicted molar refractivity (Wildman–Crippen MR) is 58.2 cm³/mol. The minimum Gasteiger partial charge on any atom is -0.266 e. The Morgan fingerprint density at radius 1 is 1.38 bits per heavy atom. The van der Waals surface area contributed by atoms with Crippen LogP contribution in [0, 0.1) is 5.92 Å². The van der Waals surface area contributed by atoms with Crippen molar-refractivity contribution in [1.29, 1.82) is 0 Å². The first kappa shape index (κ1) is 10.3. The van der Waals surface area contributed by atoms with Crippen LogP contribution in [0.25, 0.3) is 0 Å². The third-order valence-electron chi connectivity index (χ3n) is 3.15. The molecule has 88 valence electrons. The molecule has 0 aliphatic heterocycles. The normalized spacial score (nSPS) is 21.6. The van der Waals surface area contributed by atoms with Crippen LogP contribution in [0.1, 0.15) is 25.7 Å². The van der Waals surface area contributed by atoms with E-state index in [9.17, 15) is 8.42 Å². The van der Waals surface area contributed by atoms with E-state index in [1.807, 2.05) is 0 Å². The Balaban J connectivity index is 1.86. The van der Waals surface area contributed by atoms with Gasteiger partial charge < -0.3 is 0 Å². The van der Waals surface area contributed by atoms with E-state index >= 15 is 0 Å². The van der Waals surface area contributed by atoms with Gasteiger partial charge in [-0.3, -0.25) is 5.10 Å². The molecule has 1 aromatic rings. The van der Waals surface area contributed by atoms with Crippen molar-refractivity contribution >= 4 is 10.0 Å². The first-order valence-electron chi connectivity index (χ1n) is 5.69. The van der Waals surface area contributed by atoms with Crippen LogP contribution in [0.3, 0.4) is 0 Å². The smallest absolute Gasteiger partial charge is 0.260 e. The van der Waals surface area contributed by atoms with Crippen molar-refractivity contribution in [3.05, 3.63) is 12.3 Å². The molecule has 2 aliphatic rings. The van der Waals surface area contributed by atoms with Crippen LogP contribution in [0.2, 0.25) is 0 Å². The number of nitrogens with zero attached hydrogens (tertiary/aromatic N) is 2. The summed E-state index contributed by atoms with van der Waals surface area (Å²) >= 11 is 0. The fourth-order valence-corrected chi connectivity index (χ4v) is 3.54. The van der Waals surface area contributed by atoms with Gasteiger partial charge in [0.1, 0.15) is 0 Å². The van der Waals surface area contributed by atoms with Crippen molar-refractivity contribution in [2.24, 2.45) is 5.92 Å². The number of nitrogens with one attached hydrogen (secondary N) is 1. The number of hydrogen-bond donors (Lipinski definition) is 1. The Morgan fingerprint density at radius 2 is 2.12 bits per heavy atom. The van der Waals surface area contributed by atoms with Crippen molar-refractivity contribution in [2.45, 2.75) is 36.8 Å². The maximum atomic E-state index is 12.3. The molecule has 16 heavy (non-hydrogen) atoms. The molecular weight excluding hydrogens is 226 g/mol. The number of rotatable bonds is 5. The van der Waals surface area contributed by atoms with Gasteiger partial charge in [-0.05, 0) is 37.7 Å². The Hall–Kier alpha value is -0.880. The van der Waals surface area contributed by atoms with Crippen molar-refractivity contribution in [3.8, 4) is 0 Å². The molecule has 0 radical (unpaired) electrons. The van der Waals surface area contributed by atoms with E-state index in [1.165, 1.54) is 25.1 Å². The molecule has 0 unspecified atom stereocenters. The highest BCUT2D eigenvalue weighted by atomic mass is 32.2. The summed E-state index contributed by atoms with van der Waals surface area (Å²) < 4.78 is 26.3. The van der Waals surface area contributed by atoms with Crippen LogP contribution in [-0.2, 0) is 10.0 Å². The molecule has 3 rings (SSSR count). The summed E-state index contributed by atoms with van der Waals surface area (Å²) in [6.07, 6.45) is 5.82. The Labute approximate surface area is 94.9 Å². The van der Waals surface area contributed by atoms with Crippen molar-refractivity contribution in [2.75, 3.05) is 6.54 Å². The van der Waals surface area contributed by atoms with E-state index in [1.54, 1.807) is 4.31 Å². The van der Waals surface area contributed by atoms with Gasteiger partial charge in [-0.1, -0.05) is 0 Å². The van der Waals surface area contributed by atoms with Crippen molar-refractivity contribution in [1.82, 2.24) is 14.5 Å². The van der Waals surface area contributed by atoms with E-state index in [0.29, 0.717) is 12.5 Å². The number of sulfonamides is 1. The van der Waals surface area contributed by atoms with Gasteiger partial charge in [0.2, 0.25) is 0 Å². The second-order valence-electron chi connectivity index (χ2n) is 4.67. The molecule has 0 atom stereocenters. The lowest BCUT2D eigenvalue weighted by Crippen LogP contribution is -2.35. The Kier molecular flexibility index (Phi) is 2.29. The molecule has 1 aromatic heterocycles. The number of aromatic nitrogens is 2. The third kappa shape index (κ3) is 1.87. The molecular formula is C10H15N3O2S. The highest BCUT2D eigenvalue weighted by molar-refractivity contribution is 7.89. The lowest BCUT2D eigenvalue weighted by Gasteiger charge is -2.20. The molecule has 2 saturated carbocycles. The van der Waals surface area contributed by atoms with E-state index in [2.05, 4.69) is 10.2 Å². The maximum Gasteiger partial charge on any atom is 0.260 e. The minimum atomic E-state index is -3.33.